The molecule has 2 aromatic rings. The van der Waals surface area contributed by atoms with E-state index in [1.165, 1.54) is 0 Å². The molecule has 2 heterocycles. The van der Waals surface area contributed by atoms with E-state index in [0.29, 0.717) is 53.1 Å². The number of fused-ring (bicyclic) bond motifs is 1. The van der Waals surface area contributed by atoms with Gasteiger partial charge in [0.15, 0.2) is 11.5 Å². The Hall–Kier alpha value is -2.38. The summed E-state index contributed by atoms with van der Waals surface area (Å²) in [4.78, 5) is 37.6. The van der Waals surface area contributed by atoms with Crippen LogP contribution in [0.4, 0.5) is 5.82 Å². The molecule has 0 spiro atoms. The Bertz CT molecular complexity index is 964. The molecule has 154 valence electrons. The number of rotatable bonds is 4. The fraction of sp³-hybridized carbons (Fsp3) is 0.400. The predicted octanol–water partition coefficient (Wildman–Crippen LogP) is 3.73. The summed E-state index contributed by atoms with van der Waals surface area (Å²) in [6, 6.07) is 3.21. The van der Waals surface area contributed by atoms with Gasteiger partial charge >= 0.3 is 5.97 Å². The maximum atomic E-state index is 12.6. The lowest BCUT2D eigenvalue weighted by Crippen LogP contribution is -2.35. The highest BCUT2D eigenvalue weighted by molar-refractivity contribution is 6.42. The number of halogens is 2. The molecule has 7 nitrogen and oxygen atoms in total. The van der Waals surface area contributed by atoms with E-state index in [9.17, 15) is 9.59 Å². The van der Waals surface area contributed by atoms with E-state index in [0.717, 1.165) is 6.42 Å². The van der Waals surface area contributed by atoms with Gasteiger partial charge in [0.05, 0.1) is 27.7 Å². The molecular formula is C20H22Cl2N4O3. The van der Waals surface area contributed by atoms with Crippen molar-refractivity contribution in [3.8, 4) is 0 Å². The first-order valence-corrected chi connectivity index (χ1v) is 10.2. The van der Waals surface area contributed by atoms with Crippen molar-refractivity contribution in [2.24, 2.45) is 0 Å². The number of benzene rings is 1. The summed E-state index contributed by atoms with van der Waals surface area (Å²) in [7, 11) is 0. The Kier molecular flexibility index (Phi) is 6.92. The molecule has 29 heavy (non-hydrogen) atoms. The molecular weight excluding hydrogens is 415 g/mol. The molecule has 9 heteroatoms. The Labute approximate surface area is 179 Å². The predicted molar refractivity (Wildman–Crippen MR) is 114 cm³/mol. The lowest BCUT2D eigenvalue weighted by molar-refractivity contribution is -0.125. The average molecular weight is 437 g/mol. The normalized spacial score (nSPS) is 15.0. The number of aromatic nitrogens is 2. The van der Waals surface area contributed by atoms with Crippen LogP contribution in [0.5, 0.6) is 0 Å². The van der Waals surface area contributed by atoms with E-state index >= 15 is 0 Å². The Morgan fingerprint density at radius 2 is 1.79 bits per heavy atom. The number of anilines is 1. The third-order valence-electron chi connectivity index (χ3n) is 4.57. The van der Waals surface area contributed by atoms with Gasteiger partial charge in [-0.3, -0.25) is 4.79 Å². The number of amides is 1. The number of nitrogens with zero attached hydrogens (tertiary/aromatic N) is 4. The van der Waals surface area contributed by atoms with Crippen molar-refractivity contribution < 1.29 is 14.3 Å². The standard InChI is InChI=1S/C20H22Cl2N4O3/c1-3-6-17(27)25-7-5-8-26(10-9-25)19-18(20(28)29-4-2)23-15-11-13(21)14(22)12-16(15)24-19/h3,6,11-12H,4-5,7-10H2,1-2H3/b6-3+. The molecule has 0 N–H and O–H groups in total. The molecule has 1 aromatic carbocycles. The van der Waals surface area contributed by atoms with E-state index in [1.54, 1.807) is 36.1 Å². The van der Waals surface area contributed by atoms with Crippen LogP contribution in [-0.4, -0.2) is 59.5 Å². The van der Waals surface area contributed by atoms with Gasteiger partial charge in [-0.05, 0) is 38.5 Å². The lowest BCUT2D eigenvalue weighted by atomic mass is 10.2. The van der Waals surface area contributed by atoms with E-state index in [-0.39, 0.29) is 18.2 Å². The molecule has 1 aromatic heterocycles. The first kappa shape index (κ1) is 21.3. The van der Waals surface area contributed by atoms with Crippen LogP contribution in [0, 0.1) is 0 Å². The van der Waals surface area contributed by atoms with Gasteiger partial charge in [-0.25, -0.2) is 14.8 Å². The number of ether oxygens (including phenoxy) is 1. The summed E-state index contributed by atoms with van der Waals surface area (Å²) in [6.45, 7) is 6.09. The number of esters is 1. The van der Waals surface area contributed by atoms with Crippen LogP contribution in [0.25, 0.3) is 11.0 Å². The lowest BCUT2D eigenvalue weighted by Gasteiger charge is -2.24. The minimum atomic E-state index is -0.547. The summed E-state index contributed by atoms with van der Waals surface area (Å²) in [6.07, 6.45) is 4.03. The molecule has 1 aliphatic rings. The number of hydrogen-bond donors (Lipinski definition) is 0. The highest BCUT2D eigenvalue weighted by Crippen LogP contribution is 2.29. The van der Waals surface area contributed by atoms with Crippen LogP contribution in [0.15, 0.2) is 24.3 Å². The molecule has 0 saturated carbocycles. The molecule has 0 bridgehead atoms. The zero-order valence-corrected chi connectivity index (χ0v) is 17.8. The summed E-state index contributed by atoms with van der Waals surface area (Å²) < 4.78 is 5.18. The highest BCUT2D eigenvalue weighted by atomic mass is 35.5. The zero-order chi connectivity index (χ0) is 21.0. The zero-order valence-electron chi connectivity index (χ0n) is 16.3. The molecule has 1 amide bonds. The van der Waals surface area contributed by atoms with Gasteiger partial charge in [0.25, 0.3) is 0 Å². The second-order valence-electron chi connectivity index (χ2n) is 6.54. The van der Waals surface area contributed by atoms with E-state index < -0.39 is 5.97 Å². The van der Waals surface area contributed by atoms with Gasteiger partial charge in [-0.2, -0.15) is 0 Å². The Balaban J connectivity index is 1.99. The van der Waals surface area contributed by atoms with Crippen molar-refractivity contribution >= 4 is 51.9 Å². The summed E-state index contributed by atoms with van der Waals surface area (Å²) in [5, 5.41) is 0.700. The summed E-state index contributed by atoms with van der Waals surface area (Å²) >= 11 is 12.2. The molecule has 0 radical (unpaired) electrons. The minimum Gasteiger partial charge on any atom is -0.461 e. The molecule has 1 fully saturated rings. The van der Waals surface area contributed by atoms with Crippen molar-refractivity contribution in [3.05, 3.63) is 40.0 Å². The second kappa shape index (κ2) is 9.41. The van der Waals surface area contributed by atoms with E-state index in [2.05, 4.69) is 9.97 Å². The molecule has 3 rings (SSSR count). The van der Waals surface area contributed by atoms with Gasteiger partial charge in [-0.15, -0.1) is 0 Å². The molecule has 0 aliphatic carbocycles. The quantitative estimate of drug-likeness (QED) is 0.536. The minimum absolute atomic E-state index is 0.0222. The van der Waals surface area contributed by atoms with Crippen LogP contribution < -0.4 is 4.90 Å². The number of carbonyl (C=O) groups excluding carboxylic acids is 2. The topological polar surface area (TPSA) is 75.6 Å². The van der Waals surface area contributed by atoms with Crippen molar-refractivity contribution in [1.29, 1.82) is 0 Å². The van der Waals surface area contributed by atoms with Crippen molar-refractivity contribution in [3.63, 3.8) is 0 Å². The number of hydrogen-bond acceptors (Lipinski definition) is 6. The summed E-state index contributed by atoms with van der Waals surface area (Å²) in [5.74, 6) is -0.144. The fourth-order valence-electron chi connectivity index (χ4n) is 3.20. The van der Waals surface area contributed by atoms with Gasteiger partial charge in [0.2, 0.25) is 5.91 Å². The number of carbonyl (C=O) groups is 2. The summed E-state index contributed by atoms with van der Waals surface area (Å²) in [5.41, 5.74) is 1.13. The van der Waals surface area contributed by atoms with Gasteiger partial charge in [-0.1, -0.05) is 29.3 Å². The molecule has 1 saturated heterocycles. The van der Waals surface area contributed by atoms with E-state index in [4.69, 9.17) is 27.9 Å². The average Bonchev–Trinajstić information content (AvgIpc) is 2.95. The van der Waals surface area contributed by atoms with Crippen molar-refractivity contribution in [2.75, 3.05) is 37.7 Å². The largest absolute Gasteiger partial charge is 0.461 e. The SMILES string of the molecule is C/C=C/C(=O)N1CCCN(c2nc3cc(Cl)c(Cl)cc3nc2C(=O)OCC)CC1. The smallest absolute Gasteiger partial charge is 0.360 e. The number of allylic oxidation sites excluding steroid dienone is 1. The van der Waals surface area contributed by atoms with Crippen LogP contribution in [0.1, 0.15) is 30.8 Å². The van der Waals surface area contributed by atoms with Crippen LogP contribution in [0.2, 0.25) is 10.0 Å². The Morgan fingerprint density at radius 1 is 1.10 bits per heavy atom. The molecule has 0 unspecified atom stereocenters. The first-order chi connectivity index (χ1) is 13.9. The third-order valence-corrected chi connectivity index (χ3v) is 5.30. The fourth-order valence-corrected chi connectivity index (χ4v) is 3.51. The van der Waals surface area contributed by atoms with Crippen molar-refractivity contribution in [1.82, 2.24) is 14.9 Å². The monoisotopic (exact) mass is 436 g/mol. The maximum absolute atomic E-state index is 12.6. The van der Waals surface area contributed by atoms with Gasteiger partial charge in [0.1, 0.15) is 0 Å². The van der Waals surface area contributed by atoms with Crippen molar-refractivity contribution in [2.45, 2.75) is 20.3 Å². The van der Waals surface area contributed by atoms with Crippen LogP contribution >= 0.6 is 23.2 Å². The van der Waals surface area contributed by atoms with Gasteiger partial charge in [0, 0.05) is 26.2 Å². The van der Waals surface area contributed by atoms with Crippen LogP contribution in [-0.2, 0) is 9.53 Å². The van der Waals surface area contributed by atoms with Gasteiger partial charge < -0.3 is 14.5 Å². The molecule has 0 atom stereocenters. The highest BCUT2D eigenvalue weighted by Gasteiger charge is 2.25. The van der Waals surface area contributed by atoms with Crippen LogP contribution in [0.3, 0.4) is 0 Å². The maximum Gasteiger partial charge on any atom is 0.360 e. The Morgan fingerprint density at radius 3 is 2.45 bits per heavy atom. The third kappa shape index (κ3) is 4.79. The first-order valence-electron chi connectivity index (χ1n) is 9.45. The molecule has 1 aliphatic heterocycles. The van der Waals surface area contributed by atoms with E-state index in [1.807, 2.05) is 11.8 Å². The second-order valence-corrected chi connectivity index (χ2v) is 7.35.